The predicted octanol–water partition coefficient (Wildman–Crippen LogP) is 5.90. The monoisotopic (exact) mass is 526 g/mol. The summed E-state index contributed by atoms with van der Waals surface area (Å²) in [6.45, 7) is 4.36. The van der Waals surface area contributed by atoms with Crippen LogP contribution in [0.25, 0.3) is 0 Å². The van der Waals surface area contributed by atoms with E-state index in [1.165, 1.54) is 22.4 Å². The largest absolute Gasteiger partial charge is 0.409 e. The number of hydrogen-bond donors (Lipinski definition) is 1. The minimum Gasteiger partial charge on any atom is -0.409 e. The van der Waals surface area contributed by atoms with E-state index in [4.69, 9.17) is 4.99 Å². The first kappa shape index (κ1) is 19.6. The SMILES string of the molecule is CC1(C)N=C(c2ccccc2)CCc2cc(Nc3ccccc3)c[c-]c21.[Re]. The van der Waals surface area contributed by atoms with E-state index in [9.17, 15) is 0 Å². The molecule has 1 N–H and O–H groups in total. The van der Waals surface area contributed by atoms with Gasteiger partial charge in [-0.1, -0.05) is 60.6 Å². The maximum absolute atomic E-state index is 5.10. The number of aliphatic imine (C=N–C) groups is 1. The number of para-hydroxylation sites is 1. The van der Waals surface area contributed by atoms with Gasteiger partial charge in [0.25, 0.3) is 0 Å². The van der Waals surface area contributed by atoms with Crippen LogP contribution in [0.2, 0.25) is 0 Å². The molecule has 0 aliphatic carbocycles. The molecule has 27 heavy (non-hydrogen) atoms. The number of aryl methyl sites for hydroxylation is 1. The zero-order valence-electron chi connectivity index (χ0n) is 15.7. The van der Waals surface area contributed by atoms with Gasteiger partial charge in [-0.05, 0) is 38.0 Å². The van der Waals surface area contributed by atoms with Crippen LogP contribution >= 0.6 is 0 Å². The van der Waals surface area contributed by atoms with Crippen molar-refractivity contribution in [3.63, 3.8) is 0 Å². The van der Waals surface area contributed by atoms with Gasteiger partial charge in [0.1, 0.15) is 0 Å². The van der Waals surface area contributed by atoms with Gasteiger partial charge in [0.05, 0.1) is 5.54 Å². The first-order valence-corrected chi connectivity index (χ1v) is 9.13. The number of hydrogen-bond acceptors (Lipinski definition) is 2. The zero-order valence-corrected chi connectivity index (χ0v) is 18.4. The summed E-state index contributed by atoms with van der Waals surface area (Å²) in [6, 6.07) is 28.6. The van der Waals surface area contributed by atoms with Crippen molar-refractivity contribution in [3.8, 4) is 0 Å². The molecular weight excluding hydrogens is 502 g/mol. The first-order valence-electron chi connectivity index (χ1n) is 9.13. The van der Waals surface area contributed by atoms with Crippen LogP contribution in [0.3, 0.4) is 0 Å². The summed E-state index contributed by atoms with van der Waals surface area (Å²) in [5.41, 5.74) is 6.81. The molecule has 3 heteroatoms. The van der Waals surface area contributed by atoms with Gasteiger partial charge in [0.2, 0.25) is 0 Å². The van der Waals surface area contributed by atoms with Crippen molar-refractivity contribution in [2.75, 3.05) is 5.32 Å². The van der Waals surface area contributed by atoms with Gasteiger partial charge >= 0.3 is 0 Å². The minimum absolute atomic E-state index is 0. The van der Waals surface area contributed by atoms with E-state index in [-0.39, 0.29) is 26.0 Å². The van der Waals surface area contributed by atoms with E-state index in [1.807, 2.05) is 24.3 Å². The number of nitrogens with one attached hydrogen (secondary N) is 1. The molecule has 1 aliphatic rings. The molecule has 0 saturated carbocycles. The van der Waals surface area contributed by atoms with Gasteiger partial charge in [-0.2, -0.15) is 12.1 Å². The topological polar surface area (TPSA) is 24.4 Å². The molecule has 0 spiro atoms. The molecule has 2 nitrogen and oxygen atoms in total. The van der Waals surface area contributed by atoms with E-state index in [0.717, 1.165) is 24.2 Å². The predicted molar refractivity (Wildman–Crippen MR) is 109 cm³/mol. The third-order valence-electron chi connectivity index (χ3n) is 4.85. The summed E-state index contributed by atoms with van der Waals surface area (Å²) in [5.74, 6) is 0. The van der Waals surface area contributed by atoms with Gasteiger partial charge in [-0.15, -0.1) is 17.2 Å². The smallest absolute Gasteiger partial charge is 0.0584 e. The Balaban J connectivity index is 0.00000210. The molecule has 1 aliphatic heterocycles. The quantitative estimate of drug-likeness (QED) is 0.423. The Morgan fingerprint density at radius 1 is 0.889 bits per heavy atom. The summed E-state index contributed by atoms with van der Waals surface area (Å²) >= 11 is 0. The van der Waals surface area contributed by atoms with Crippen molar-refractivity contribution < 1.29 is 20.4 Å². The minimum atomic E-state index is -0.276. The summed E-state index contributed by atoms with van der Waals surface area (Å²) in [6.07, 6.45) is 1.93. The number of benzene rings is 3. The summed E-state index contributed by atoms with van der Waals surface area (Å²) in [4.78, 5) is 5.10. The molecule has 3 aromatic rings. The maximum Gasteiger partial charge on any atom is 0.0584 e. The fourth-order valence-electron chi connectivity index (χ4n) is 3.61. The average Bonchev–Trinajstić information content (AvgIpc) is 2.79. The van der Waals surface area contributed by atoms with E-state index in [1.54, 1.807) is 0 Å². The van der Waals surface area contributed by atoms with Crippen LogP contribution in [0.15, 0.2) is 77.8 Å². The van der Waals surface area contributed by atoms with Crippen molar-refractivity contribution in [3.05, 3.63) is 95.6 Å². The molecule has 1 radical (unpaired) electrons. The fourth-order valence-corrected chi connectivity index (χ4v) is 3.61. The van der Waals surface area contributed by atoms with Crippen LogP contribution in [-0.4, -0.2) is 5.71 Å². The number of nitrogens with zero attached hydrogens (tertiary/aromatic N) is 1. The molecule has 0 amide bonds. The normalized spacial score (nSPS) is 15.0. The summed E-state index contributed by atoms with van der Waals surface area (Å²) < 4.78 is 0. The average molecular weight is 526 g/mol. The molecule has 0 unspecified atom stereocenters. The molecule has 1 heterocycles. The standard InChI is InChI=1S/C24H23N2.Re/c1-24(2)22-15-14-21(25-20-11-7-4-8-12-20)17-19(22)13-16-23(26-24)18-9-5-3-6-10-18;/h3-12,14,17,25H,13,16H2,1-2H3;/q-1;. The fraction of sp³-hybridized carbons (Fsp3) is 0.208. The van der Waals surface area contributed by atoms with Crippen molar-refractivity contribution in [1.29, 1.82) is 0 Å². The molecular formula is C24H23N2Re-. The molecule has 3 aromatic carbocycles. The van der Waals surface area contributed by atoms with Crippen molar-refractivity contribution in [2.24, 2.45) is 4.99 Å². The molecule has 0 fully saturated rings. The Labute approximate surface area is 175 Å². The Morgan fingerprint density at radius 3 is 2.26 bits per heavy atom. The molecule has 0 atom stereocenters. The van der Waals surface area contributed by atoms with Crippen LogP contribution in [0, 0.1) is 6.07 Å². The zero-order chi connectivity index (χ0) is 18.0. The van der Waals surface area contributed by atoms with E-state index in [0.29, 0.717) is 0 Å². The van der Waals surface area contributed by atoms with E-state index >= 15 is 0 Å². The van der Waals surface area contributed by atoms with Crippen molar-refractivity contribution >= 4 is 17.1 Å². The number of fused-ring (bicyclic) bond motifs is 1. The van der Waals surface area contributed by atoms with Gasteiger partial charge in [-0.25, -0.2) is 0 Å². The van der Waals surface area contributed by atoms with Crippen molar-refractivity contribution in [2.45, 2.75) is 32.2 Å². The van der Waals surface area contributed by atoms with Gasteiger partial charge in [-0.3, -0.25) is 4.99 Å². The second kappa shape index (κ2) is 8.21. The van der Waals surface area contributed by atoms with Crippen LogP contribution in [0.4, 0.5) is 11.4 Å². The first-order chi connectivity index (χ1) is 12.6. The van der Waals surface area contributed by atoms with Gasteiger partial charge in [0, 0.05) is 31.8 Å². The third kappa shape index (κ3) is 4.38. The molecule has 0 saturated heterocycles. The van der Waals surface area contributed by atoms with Gasteiger partial charge in [0.15, 0.2) is 0 Å². The van der Waals surface area contributed by atoms with Gasteiger partial charge < -0.3 is 5.32 Å². The van der Waals surface area contributed by atoms with Crippen LogP contribution in [0.5, 0.6) is 0 Å². The third-order valence-corrected chi connectivity index (χ3v) is 4.85. The Hall–Kier alpha value is -2.21. The van der Waals surface area contributed by atoms with Crippen molar-refractivity contribution in [1.82, 2.24) is 0 Å². The van der Waals surface area contributed by atoms with Crippen LogP contribution in [0.1, 0.15) is 37.0 Å². The summed E-state index contributed by atoms with van der Waals surface area (Å²) in [7, 11) is 0. The summed E-state index contributed by atoms with van der Waals surface area (Å²) in [5, 5.41) is 3.48. The molecule has 0 aromatic heterocycles. The maximum atomic E-state index is 5.10. The molecule has 137 valence electrons. The van der Waals surface area contributed by atoms with E-state index < -0.39 is 0 Å². The molecule has 0 bridgehead atoms. The number of rotatable bonds is 3. The van der Waals surface area contributed by atoms with Crippen LogP contribution < -0.4 is 5.32 Å². The van der Waals surface area contributed by atoms with E-state index in [2.05, 4.69) is 73.8 Å². The molecule has 4 rings (SSSR count). The second-order valence-electron chi connectivity index (χ2n) is 7.26. The Bertz CT molecular complexity index is 931. The number of anilines is 2. The second-order valence-corrected chi connectivity index (χ2v) is 7.26. The van der Waals surface area contributed by atoms with Crippen LogP contribution in [-0.2, 0) is 32.4 Å². The Morgan fingerprint density at radius 2 is 1.56 bits per heavy atom. The Kier molecular flexibility index (Phi) is 5.95.